The maximum absolute atomic E-state index is 11.7. The Labute approximate surface area is 83.3 Å². The number of Topliss-reactive ketones (excluding diaryl/α,β-unsaturated/α-hetero) is 1. The molecule has 1 aromatic carbocycles. The number of aliphatic hydroxyl groups is 1. The van der Waals surface area contributed by atoms with Crippen molar-refractivity contribution in [1.82, 2.24) is 0 Å². The number of rotatable bonds is 4. The number of hydrogen-bond donors (Lipinski definition) is 1. The van der Waals surface area contributed by atoms with Crippen molar-refractivity contribution < 1.29 is 14.6 Å². The minimum absolute atomic E-state index is 0.0926. The largest absolute Gasteiger partial charge is 0.496 e. The van der Waals surface area contributed by atoms with Gasteiger partial charge in [0.15, 0.2) is 5.78 Å². The van der Waals surface area contributed by atoms with Gasteiger partial charge in [-0.05, 0) is 12.1 Å². The second-order valence-corrected chi connectivity index (χ2v) is 3.15. The fraction of sp³-hybridized carbons (Fsp3) is 0.364. The van der Waals surface area contributed by atoms with Gasteiger partial charge in [-0.3, -0.25) is 4.79 Å². The standard InChI is InChI=1S/C11H14O3/c1-8(7-12)11(13)9-5-3-4-6-10(9)14-2/h3-6,8,12H,7H2,1-2H3. The SMILES string of the molecule is COc1ccccc1C(=O)C(C)CO. The van der Waals surface area contributed by atoms with E-state index in [9.17, 15) is 4.79 Å². The second kappa shape index (κ2) is 4.77. The quantitative estimate of drug-likeness (QED) is 0.739. The maximum Gasteiger partial charge on any atom is 0.171 e. The summed E-state index contributed by atoms with van der Waals surface area (Å²) in [6.07, 6.45) is 0. The van der Waals surface area contributed by atoms with E-state index in [-0.39, 0.29) is 18.3 Å². The molecule has 0 aliphatic carbocycles. The van der Waals surface area contributed by atoms with E-state index >= 15 is 0 Å². The number of carbonyl (C=O) groups excluding carboxylic acids is 1. The lowest BCUT2D eigenvalue weighted by atomic mass is 9.99. The molecule has 0 saturated heterocycles. The Bertz CT molecular complexity index is 320. The van der Waals surface area contributed by atoms with Crippen LogP contribution in [0.25, 0.3) is 0 Å². The molecule has 0 radical (unpaired) electrons. The van der Waals surface area contributed by atoms with E-state index < -0.39 is 0 Å². The van der Waals surface area contributed by atoms with E-state index in [1.807, 2.05) is 0 Å². The lowest BCUT2D eigenvalue weighted by molar-refractivity contribution is 0.0874. The monoisotopic (exact) mass is 194 g/mol. The Hall–Kier alpha value is -1.35. The summed E-state index contributed by atoms with van der Waals surface area (Å²) >= 11 is 0. The van der Waals surface area contributed by atoms with E-state index in [0.29, 0.717) is 11.3 Å². The fourth-order valence-electron chi connectivity index (χ4n) is 1.20. The van der Waals surface area contributed by atoms with Crippen LogP contribution in [0.4, 0.5) is 0 Å². The molecule has 1 atom stereocenters. The van der Waals surface area contributed by atoms with Crippen molar-refractivity contribution in [2.24, 2.45) is 5.92 Å². The number of aliphatic hydroxyl groups excluding tert-OH is 1. The molecule has 0 aliphatic rings. The van der Waals surface area contributed by atoms with Crippen LogP contribution in [0, 0.1) is 5.92 Å². The van der Waals surface area contributed by atoms with Gasteiger partial charge in [0.05, 0.1) is 19.3 Å². The highest BCUT2D eigenvalue weighted by atomic mass is 16.5. The van der Waals surface area contributed by atoms with Gasteiger partial charge in [0.25, 0.3) is 0 Å². The number of hydrogen-bond acceptors (Lipinski definition) is 3. The van der Waals surface area contributed by atoms with Crippen LogP contribution in [-0.2, 0) is 0 Å². The highest BCUT2D eigenvalue weighted by Crippen LogP contribution is 2.20. The van der Waals surface area contributed by atoms with E-state index in [1.165, 1.54) is 7.11 Å². The lowest BCUT2D eigenvalue weighted by Gasteiger charge is -2.10. The van der Waals surface area contributed by atoms with E-state index in [1.54, 1.807) is 31.2 Å². The molecule has 76 valence electrons. The Morgan fingerprint density at radius 2 is 2.14 bits per heavy atom. The molecule has 3 nitrogen and oxygen atoms in total. The average Bonchev–Trinajstić information content (AvgIpc) is 2.26. The Morgan fingerprint density at radius 3 is 2.71 bits per heavy atom. The van der Waals surface area contributed by atoms with Crippen LogP contribution in [0.5, 0.6) is 5.75 Å². The molecular weight excluding hydrogens is 180 g/mol. The van der Waals surface area contributed by atoms with Crippen LogP contribution in [0.2, 0.25) is 0 Å². The Morgan fingerprint density at radius 1 is 1.50 bits per heavy atom. The molecule has 14 heavy (non-hydrogen) atoms. The highest BCUT2D eigenvalue weighted by molar-refractivity contribution is 6.00. The summed E-state index contributed by atoms with van der Waals surface area (Å²) in [6.45, 7) is 1.55. The van der Waals surface area contributed by atoms with Gasteiger partial charge in [-0.15, -0.1) is 0 Å². The maximum atomic E-state index is 11.7. The molecule has 0 heterocycles. The number of para-hydroxylation sites is 1. The van der Waals surface area contributed by atoms with Crippen LogP contribution in [-0.4, -0.2) is 24.6 Å². The number of carbonyl (C=O) groups is 1. The zero-order valence-corrected chi connectivity index (χ0v) is 8.36. The van der Waals surface area contributed by atoms with Gasteiger partial charge in [0, 0.05) is 5.92 Å². The van der Waals surface area contributed by atoms with Crippen molar-refractivity contribution in [2.75, 3.05) is 13.7 Å². The minimum atomic E-state index is -0.383. The summed E-state index contributed by atoms with van der Waals surface area (Å²) in [6, 6.07) is 7.02. The summed E-state index contributed by atoms with van der Waals surface area (Å²) in [7, 11) is 1.52. The summed E-state index contributed by atoms with van der Waals surface area (Å²) < 4.78 is 5.06. The molecule has 0 saturated carbocycles. The highest BCUT2D eigenvalue weighted by Gasteiger charge is 2.17. The van der Waals surface area contributed by atoms with Crippen molar-refractivity contribution in [3.8, 4) is 5.75 Å². The topological polar surface area (TPSA) is 46.5 Å². The lowest BCUT2D eigenvalue weighted by Crippen LogP contribution is -2.15. The molecule has 0 amide bonds. The van der Waals surface area contributed by atoms with Crippen LogP contribution in [0.15, 0.2) is 24.3 Å². The van der Waals surface area contributed by atoms with Gasteiger partial charge in [0.2, 0.25) is 0 Å². The van der Waals surface area contributed by atoms with Crippen LogP contribution < -0.4 is 4.74 Å². The third-order valence-electron chi connectivity index (χ3n) is 2.09. The zero-order valence-electron chi connectivity index (χ0n) is 8.36. The Balaban J connectivity index is 3.00. The molecule has 0 spiro atoms. The predicted molar refractivity (Wildman–Crippen MR) is 53.6 cm³/mol. The van der Waals surface area contributed by atoms with Crippen molar-refractivity contribution in [2.45, 2.75) is 6.92 Å². The van der Waals surface area contributed by atoms with Gasteiger partial charge in [-0.1, -0.05) is 19.1 Å². The number of methoxy groups -OCH3 is 1. The molecule has 1 aromatic rings. The molecular formula is C11H14O3. The summed E-state index contributed by atoms with van der Waals surface area (Å²) in [4.78, 5) is 11.7. The summed E-state index contributed by atoms with van der Waals surface area (Å²) in [5.74, 6) is 0.0778. The van der Waals surface area contributed by atoms with Crippen molar-refractivity contribution in [3.05, 3.63) is 29.8 Å². The van der Waals surface area contributed by atoms with Gasteiger partial charge in [-0.25, -0.2) is 0 Å². The van der Waals surface area contributed by atoms with Gasteiger partial charge in [-0.2, -0.15) is 0 Å². The van der Waals surface area contributed by atoms with Crippen LogP contribution >= 0.6 is 0 Å². The van der Waals surface area contributed by atoms with Gasteiger partial charge in [0.1, 0.15) is 5.75 Å². The molecule has 3 heteroatoms. The van der Waals surface area contributed by atoms with E-state index in [4.69, 9.17) is 9.84 Å². The van der Waals surface area contributed by atoms with Gasteiger partial charge < -0.3 is 9.84 Å². The first-order valence-electron chi connectivity index (χ1n) is 4.48. The average molecular weight is 194 g/mol. The first-order chi connectivity index (χ1) is 6.70. The fourth-order valence-corrected chi connectivity index (χ4v) is 1.20. The number of ketones is 1. The first kappa shape index (κ1) is 10.7. The number of ether oxygens (including phenoxy) is 1. The van der Waals surface area contributed by atoms with Crippen molar-refractivity contribution in [3.63, 3.8) is 0 Å². The van der Waals surface area contributed by atoms with Crippen molar-refractivity contribution >= 4 is 5.78 Å². The van der Waals surface area contributed by atoms with Crippen LogP contribution in [0.1, 0.15) is 17.3 Å². The molecule has 1 N–H and O–H groups in total. The van der Waals surface area contributed by atoms with Crippen LogP contribution in [0.3, 0.4) is 0 Å². The minimum Gasteiger partial charge on any atom is -0.496 e. The Kier molecular flexibility index (Phi) is 3.65. The van der Waals surface area contributed by atoms with E-state index in [2.05, 4.69) is 0 Å². The summed E-state index contributed by atoms with van der Waals surface area (Å²) in [5.41, 5.74) is 0.525. The second-order valence-electron chi connectivity index (χ2n) is 3.15. The summed E-state index contributed by atoms with van der Waals surface area (Å²) in [5, 5.41) is 8.87. The smallest absolute Gasteiger partial charge is 0.171 e. The molecule has 0 bridgehead atoms. The molecule has 1 unspecified atom stereocenters. The molecule has 0 aliphatic heterocycles. The first-order valence-corrected chi connectivity index (χ1v) is 4.48. The third-order valence-corrected chi connectivity index (χ3v) is 2.09. The van der Waals surface area contributed by atoms with E-state index in [0.717, 1.165) is 0 Å². The number of benzene rings is 1. The van der Waals surface area contributed by atoms with Gasteiger partial charge >= 0.3 is 0 Å². The predicted octanol–water partition coefficient (Wildman–Crippen LogP) is 1.51. The zero-order chi connectivity index (χ0) is 10.6. The third kappa shape index (κ3) is 2.12. The molecule has 0 aromatic heterocycles. The molecule has 1 rings (SSSR count). The van der Waals surface area contributed by atoms with Crippen molar-refractivity contribution in [1.29, 1.82) is 0 Å². The molecule has 0 fully saturated rings. The normalized spacial score (nSPS) is 12.2.